The number of hydrogen-bond donors (Lipinski definition) is 1. The largest absolute Gasteiger partial charge is 0.497 e. The lowest BCUT2D eigenvalue weighted by Crippen LogP contribution is -2.39. The van der Waals surface area contributed by atoms with Crippen molar-refractivity contribution in [2.45, 2.75) is 18.8 Å². The highest BCUT2D eigenvalue weighted by molar-refractivity contribution is 5.94. The molecule has 128 valence electrons. The molecule has 1 fully saturated rings. The zero-order valence-electron chi connectivity index (χ0n) is 14.2. The number of carbonyl (C=O) groups is 1. The summed E-state index contributed by atoms with van der Waals surface area (Å²) in [6.45, 7) is 1.52. The number of fused-ring (bicyclic) bond motifs is 1. The number of pyridine rings is 1. The first-order chi connectivity index (χ1) is 12.2. The maximum Gasteiger partial charge on any atom is 0.254 e. The van der Waals surface area contributed by atoms with Gasteiger partial charge in [-0.1, -0.05) is 6.07 Å². The average molecular weight is 335 g/mol. The summed E-state index contributed by atoms with van der Waals surface area (Å²) >= 11 is 0. The second kappa shape index (κ2) is 6.59. The Labute approximate surface area is 146 Å². The van der Waals surface area contributed by atoms with Crippen LogP contribution in [0.3, 0.4) is 0 Å². The normalized spacial score (nSPS) is 17.6. The van der Waals surface area contributed by atoms with Gasteiger partial charge >= 0.3 is 0 Å². The van der Waals surface area contributed by atoms with Gasteiger partial charge in [0.2, 0.25) is 0 Å². The summed E-state index contributed by atoms with van der Waals surface area (Å²) in [6, 6.07) is 13.4. The molecular weight excluding hydrogens is 314 g/mol. The Morgan fingerprint density at radius 2 is 2.20 bits per heavy atom. The molecule has 0 bridgehead atoms. The van der Waals surface area contributed by atoms with Gasteiger partial charge in [0, 0.05) is 36.5 Å². The third kappa shape index (κ3) is 3.09. The van der Waals surface area contributed by atoms with Crippen LogP contribution in [0.25, 0.3) is 11.0 Å². The summed E-state index contributed by atoms with van der Waals surface area (Å²) in [5.74, 6) is 1.09. The number of benzene rings is 1. The maximum atomic E-state index is 12.9. The highest BCUT2D eigenvalue weighted by Crippen LogP contribution is 2.29. The van der Waals surface area contributed by atoms with Crippen molar-refractivity contribution in [2.24, 2.45) is 0 Å². The van der Waals surface area contributed by atoms with Gasteiger partial charge in [0.05, 0.1) is 18.1 Å². The molecule has 1 amide bonds. The number of aromatic nitrogens is 2. The van der Waals surface area contributed by atoms with E-state index in [-0.39, 0.29) is 5.91 Å². The van der Waals surface area contributed by atoms with Crippen LogP contribution in [0, 0.1) is 0 Å². The Morgan fingerprint density at radius 1 is 1.28 bits per heavy atom. The van der Waals surface area contributed by atoms with Crippen LogP contribution < -0.4 is 4.74 Å². The minimum absolute atomic E-state index is 0.0674. The summed E-state index contributed by atoms with van der Waals surface area (Å²) in [6.07, 6.45) is 3.89. The first-order valence-electron chi connectivity index (χ1n) is 8.61. The molecule has 1 atom stereocenters. The van der Waals surface area contributed by atoms with Crippen molar-refractivity contribution >= 4 is 16.9 Å². The highest BCUT2D eigenvalue weighted by atomic mass is 16.5. The first-order valence-corrected chi connectivity index (χ1v) is 8.61. The van der Waals surface area contributed by atoms with Gasteiger partial charge in [-0.05, 0) is 49.2 Å². The van der Waals surface area contributed by atoms with E-state index in [9.17, 15) is 4.79 Å². The lowest BCUT2D eigenvalue weighted by atomic mass is 9.94. The number of aromatic amines is 1. The third-order valence-corrected chi connectivity index (χ3v) is 4.87. The Bertz CT molecular complexity index is 870. The van der Waals surface area contributed by atoms with Crippen molar-refractivity contribution in [1.29, 1.82) is 0 Å². The van der Waals surface area contributed by atoms with Crippen molar-refractivity contribution < 1.29 is 9.53 Å². The van der Waals surface area contributed by atoms with Crippen LogP contribution >= 0.6 is 0 Å². The molecule has 3 heterocycles. The number of carbonyl (C=O) groups excluding carboxylic acids is 1. The topological polar surface area (TPSA) is 58.2 Å². The monoisotopic (exact) mass is 335 g/mol. The fourth-order valence-corrected chi connectivity index (χ4v) is 3.55. The maximum absolute atomic E-state index is 12.9. The standard InChI is InChI=1S/C20H21N3O2/c1-25-16-7-2-5-14(11-16)20(24)23-10-4-6-15(13-23)18-12-19-17(22-18)8-3-9-21-19/h2-3,5,7-9,11-12,15,22H,4,6,10,13H2,1H3. The van der Waals surface area contributed by atoms with Crippen molar-refractivity contribution in [2.75, 3.05) is 20.2 Å². The van der Waals surface area contributed by atoms with E-state index in [0.717, 1.165) is 42.7 Å². The number of rotatable bonds is 3. The van der Waals surface area contributed by atoms with Crippen LogP contribution in [0.4, 0.5) is 0 Å². The summed E-state index contributed by atoms with van der Waals surface area (Å²) in [5, 5.41) is 0. The number of likely N-dealkylation sites (tertiary alicyclic amines) is 1. The van der Waals surface area contributed by atoms with E-state index in [2.05, 4.69) is 16.0 Å². The van der Waals surface area contributed by atoms with Crippen LogP contribution in [0.15, 0.2) is 48.7 Å². The Kier molecular flexibility index (Phi) is 4.14. The predicted molar refractivity (Wildman–Crippen MR) is 97.0 cm³/mol. The van der Waals surface area contributed by atoms with Crippen LogP contribution in [0.1, 0.15) is 34.8 Å². The molecule has 4 rings (SSSR count). The van der Waals surface area contributed by atoms with E-state index in [0.29, 0.717) is 17.2 Å². The number of nitrogens with one attached hydrogen (secondary N) is 1. The molecule has 1 aliphatic heterocycles. The number of nitrogens with zero attached hydrogens (tertiary/aromatic N) is 2. The van der Waals surface area contributed by atoms with Gasteiger partial charge in [0.25, 0.3) is 5.91 Å². The van der Waals surface area contributed by atoms with E-state index in [4.69, 9.17) is 4.74 Å². The number of amides is 1. The van der Waals surface area contributed by atoms with Crippen molar-refractivity contribution in [3.63, 3.8) is 0 Å². The number of ether oxygens (including phenoxy) is 1. The highest BCUT2D eigenvalue weighted by Gasteiger charge is 2.26. The molecule has 0 spiro atoms. The van der Waals surface area contributed by atoms with Crippen LogP contribution in [0.5, 0.6) is 5.75 Å². The molecule has 2 aromatic heterocycles. The zero-order chi connectivity index (χ0) is 17.2. The predicted octanol–water partition coefficient (Wildman–Crippen LogP) is 3.59. The molecule has 1 saturated heterocycles. The second-order valence-electron chi connectivity index (χ2n) is 6.48. The molecule has 5 nitrogen and oxygen atoms in total. The molecule has 1 aromatic carbocycles. The van der Waals surface area contributed by atoms with Crippen molar-refractivity contribution in [3.05, 3.63) is 59.9 Å². The summed E-state index contributed by atoms with van der Waals surface area (Å²) in [4.78, 5) is 22.7. The number of H-pyrrole nitrogens is 1. The van der Waals surface area contributed by atoms with Crippen LogP contribution in [-0.4, -0.2) is 41.0 Å². The molecule has 1 unspecified atom stereocenters. The van der Waals surface area contributed by atoms with E-state index in [1.165, 1.54) is 0 Å². The lowest BCUT2D eigenvalue weighted by Gasteiger charge is -2.32. The number of piperidine rings is 1. The molecule has 1 aliphatic rings. The van der Waals surface area contributed by atoms with Gasteiger partial charge in [-0.25, -0.2) is 0 Å². The molecule has 1 N–H and O–H groups in total. The van der Waals surface area contributed by atoms with Crippen LogP contribution in [0.2, 0.25) is 0 Å². The Balaban J connectivity index is 1.54. The summed E-state index contributed by atoms with van der Waals surface area (Å²) in [5.41, 5.74) is 3.87. The van der Waals surface area contributed by atoms with Gasteiger partial charge in [0.15, 0.2) is 0 Å². The molecule has 0 radical (unpaired) electrons. The minimum Gasteiger partial charge on any atom is -0.497 e. The molecule has 0 saturated carbocycles. The molecular formula is C20H21N3O2. The fraction of sp³-hybridized carbons (Fsp3) is 0.300. The van der Waals surface area contributed by atoms with E-state index in [1.807, 2.05) is 35.2 Å². The molecule has 0 aliphatic carbocycles. The van der Waals surface area contributed by atoms with Crippen LogP contribution in [-0.2, 0) is 0 Å². The van der Waals surface area contributed by atoms with E-state index in [1.54, 1.807) is 19.4 Å². The van der Waals surface area contributed by atoms with Gasteiger partial charge in [-0.15, -0.1) is 0 Å². The minimum atomic E-state index is 0.0674. The smallest absolute Gasteiger partial charge is 0.254 e. The number of hydrogen-bond acceptors (Lipinski definition) is 3. The van der Waals surface area contributed by atoms with Gasteiger partial charge in [0.1, 0.15) is 5.75 Å². The SMILES string of the molecule is COc1cccc(C(=O)N2CCCC(c3cc4ncccc4[nH]3)C2)c1. The quantitative estimate of drug-likeness (QED) is 0.796. The third-order valence-electron chi connectivity index (χ3n) is 4.87. The Hall–Kier alpha value is -2.82. The fourth-order valence-electron chi connectivity index (χ4n) is 3.55. The first kappa shape index (κ1) is 15.7. The summed E-state index contributed by atoms with van der Waals surface area (Å²) in [7, 11) is 1.62. The van der Waals surface area contributed by atoms with E-state index >= 15 is 0 Å². The second-order valence-corrected chi connectivity index (χ2v) is 6.48. The molecule has 3 aromatic rings. The Morgan fingerprint density at radius 3 is 3.04 bits per heavy atom. The van der Waals surface area contributed by atoms with Crippen molar-refractivity contribution in [3.8, 4) is 5.75 Å². The van der Waals surface area contributed by atoms with Gasteiger partial charge < -0.3 is 14.6 Å². The summed E-state index contributed by atoms with van der Waals surface area (Å²) < 4.78 is 5.23. The lowest BCUT2D eigenvalue weighted by molar-refractivity contribution is 0.0706. The molecule has 5 heteroatoms. The van der Waals surface area contributed by atoms with Gasteiger partial charge in [-0.2, -0.15) is 0 Å². The van der Waals surface area contributed by atoms with Gasteiger partial charge in [-0.3, -0.25) is 9.78 Å². The average Bonchev–Trinajstić information content (AvgIpc) is 3.12. The van der Waals surface area contributed by atoms with E-state index < -0.39 is 0 Å². The number of methoxy groups -OCH3 is 1. The molecule has 25 heavy (non-hydrogen) atoms. The van der Waals surface area contributed by atoms with Crippen molar-refractivity contribution in [1.82, 2.24) is 14.9 Å². The zero-order valence-corrected chi connectivity index (χ0v) is 14.2.